The number of aliphatic hydroxyl groups is 1. The molecule has 0 aliphatic rings. The molecule has 0 aliphatic carbocycles. The molecule has 0 amide bonds. The fraction of sp³-hybridized carbons (Fsp3) is 0.294. The van der Waals surface area contributed by atoms with Crippen LogP contribution in [0, 0.1) is 11.8 Å². The van der Waals surface area contributed by atoms with Gasteiger partial charge in [-0.3, -0.25) is 0 Å². The summed E-state index contributed by atoms with van der Waals surface area (Å²) in [4.78, 5) is 1.08. The van der Waals surface area contributed by atoms with Crippen molar-refractivity contribution in [2.24, 2.45) is 0 Å². The largest absolute Gasteiger partial charge is 0.493 e. The number of hydrogen-bond donors (Lipinski definition) is 1. The average Bonchev–Trinajstić information content (AvgIpc) is 2.98. The lowest BCUT2D eigenvalue weighted by Gasteiger charge is -2.11. The van der Waals surface area contributed by atoms with Crippen molar-refractivity contribution in [2.45, 2.75) is 20.0 Å². The molecular weight excluding hydrogens is 284 g/mol. The number of aryl methyl sites for hydroxylation is 1. The van der Waals surface area contributed by atoms with Crippen LogP contribution in [0.25, 0.3) is 0 Å². The van der Waals surface area contributed by atoms with Gasteiger partial charge in [0.2, 0.25) is 0 Å². The monoisotopic (exact) mass is 302 g/mol. The molecule has 21 heavy (non-hydrogen) atoms. The predicted octanol–water partition coefficient (Wildman–Crippen LogP) is 3.24. The Balaban J connectivity index is 2.04. The van der Waals surface area contributed by atoms with Crippen molar-refractivity contribution in [2.75, 3.05) is 13.7 Å². The molecule has 0 atom stereocenters. The molecule has 3 nitrogen and oxygen atoms in total. The molecule has 0 spiro atoms. The van der Waals surface area contributed by atoms with E-state index in [-0.39, 0.29) is 6.61 Å². The second kappa shape index (κ2) is 7.72. The third kappa shape index (κ3) is 4.25. The molecule has 1 heterocycles. The molecule has 0 fully saturated rings. The van der Waals surface area contributed by atoms with Crippen LogP contribution in [-0.2, 0) is 13.0 Å². The summed E-state index contributed by atoms with van der Waals surface area (Å²) < 4.78 is 11.2. The van der Waals surface area contributed by atoms with Crippen LogP contribution in [0.1, 0.15) is 22.9 Å². The van der Waals surface area contributed by atoms with Crippen molar-refractivity contribution < 1.29 is 14.6 Å². The molecule has 1 N–H and O–H groups in total. The smallest absolute Gasteiger partial charge is 0.161 e. The molecule has 0 aliphatic heterocycles. The fourth-order valence-corrected chi connectivity index (χ4v) is 2.59. The van der Waals surface area contributed by atoms with Crippen LogP contribution in [0.15, 0.2) is 29.6 Å². The van der Waals surface area contributed by atoms with E-state index in [4.69, 9.17) is 14.6 Å². The number of benzene rings is 1. The highest BCUT2D eigenvalue weighted by atomic mass is 32.1. The van der Waals surface area contributed by atoms with Gasteiger partial charge in [0.05, 0.1) is 7.11 Å². The highest BCUT2D eigenvalue weighted by Gasteiger charge is 2.06. The molecular formula is C17H18O3S. The highest BCUT2D eigenvalue weighted by molar-refractivity contribution is 7.10. The van der Waals surface area contributed by atoms with Gasteiger partial charge in [-0.15, -0.1) is 11.3 Å². The van der Waals surface area contributed by atoms with E-state index in [0.29, 0.717) is 6.61 Å². The fourth-order valence-electron chi connectivity index (χ4n) is 1.86. The van der Waals surface area contributed by atoms with Crippen LogP contribution in [0.5, 0.6) is 11.5 Å². The topological polar surface area (TPSA) is 38.7 Å². The van der Waals surface area contributed by atoms with Crippen LogP contribution in [0.4, 0.5) is 0 Å². The van der Waals surface area contributed by atoms with E-state index in [2.05, 4.69) is 18.8 Å². The summed E-state index contributed by atoms with van der Waals surface area (Å²) in [5, 5.41) is 10.6. The molecule has 1 aromatic heterocycles. The van der Waals surface area contributed by atoms with E-state index in [1.54, 1.807) is 18.4 Å². The molecule has 0 unspecified atom stereocenters. The maximum absolute atomic E-state index is 8.68. The second-order valence-corrected chi connectivity index (χ2v) is 5.38. The lowest BCUT2D eigenvalue weighted by atomic mass is 10.1. The maximum Gasteiger partial charge on any atom is 0.161 e. The minimum atomic E-state index is -0.122. The summed E-state index contributed by atoms with van der Waals surface area (Å²) in [6, 6.07) is 7.96. The molecule has 110 valence electrons. The van der Waals surface area contributed by atoms with Crippen molar-refractivity contribution >= 4 is 11.3 Å². The predicted molar refractivity (Wildman–Crippen MR) is 85.0 cm³/mol. The number of aliphatic hydroxyl groups excluding tert-OH is 1. The third-order valence-corrected chi connectivity index (χ3v) is 3.88. The molecule has 0 saturated heterocycles. The Morgan fingerprint density at radius 1 is 1.24 bits per heavy atom. The third-order valence-electron chi connectivity index (χ3n) is 2.97. The normalized spacial score (nSPS) is 9.86. The van der Waals surface area contributed by atoms with E-state index in [1.165, 1.54) is 5.56 Å². The van der Waals surface area contributed by atoms with Crippen molar-refractivity contribution in [3.05, 3.63) is 45.6 Å². The molecule has 2 aromatic rings. The summed E-state index contributed by atoms with van der Waals surface area (Å²) in [5.74, 6) is 7.01. The standard InChI is InChI=1S/C17H18O3S/c1-3-13-6-7-16(17(10-13)19-2)20-11-15-9-14(12-21-15)5-4-8-18/h6-7,9-10,12,18H,3,8,11H2,1-2H3. The average molecular weight is 302 g/mol. The zero-order valence-corrected chi connectivity index (χ0v) is 13.0. The SMILES string of the molecule is CCc1ccc(OCc2cc(C#CCO)cs2)c(OC)c1. The number of methoxy groups -OCH3 is 1. The lowest BCUT2D eigenvalue weighted by molar-refractivity contribution is 0.287. The minimum absolute atomic E-state index is 0.122. The molecule has 1 aromatic carbocycles. The first kappa shape index (κ1) is 15.4. The van der Waals surface area contributed by atoms with Crippen molar-refractivity contribution in [3.8, 4) is 23.3 Å². The van der Waals surface area contributed by atoms with Crippen LogP contribution in [0.3, 0.4) is 0 Å². The lowest BCUT2D eigenvalue weighted by Crippen LogP contribution is -1.96. The summed E-state index contributed by atoms with van der Waals surface area (Å²) >= 11 is 1.59. The zero-order chi connectivity index (χ0) is 15.1. The van der Waals surface area contributed by atoms with Crippen LogP contribution in [-0.4, -0.2) is 18.8 Å². The molecule has 0 bridgehead atoms. The Hall–Kier alpha value is -1.96. The first-order chi connectivity index (χ1) is 10.3. The second-order valence-electron chi connectivity index (χ2n) is 4.39. The highest BCUT2D eigenvalue weighted by Crippen LogP contribution is 2.29. The van der Waals surface area contributed by atoms with Crippen molar-refractivity contribution in [1.29, 1.82) is 0 Å². The Labute approximate surface area is 129 Å². The number of hydrogen-bond acceptors (Lipinski definition) is 4. The van der Waals surface area contributed by atoms with Crippen molar-refractivity contribution in [1.82, 2.24) is 0 Å². The zero-order valence-electron chi connectivity index (χ0n) is 12.2. The first-order valence-electron chi connectivity index (χ1n) is 6.73. The van der Waals surface area contributed by atoms with Gasteiger partial charge in [0.15, 0.2) is 11.5 Å². The molecule has 0 radical (unpaired) electrons. The van der Waals surface area contributed by atoms with Gasteiger partial charge in [0.1, 0.15) is 13.2 Å². The van der Waals surface area contributed by atoms with Crippen molar-refractivity contribution in [3.63, 3.8) is 0 Å². The Kier molecular flexibility index (Phi) is 5.68. The number of ether oxygens (including phenoxy) is 2. The van der Waals surface area contributed by atoms with E-state index in [1.807, 2.05) is 29.6 Å². The van der Waals surface area contributed by atoms with E-state index in [0.717, 1.165) is 28.4 Å². The Morgan fingerprint density at radius 3 is 2.81 bits per heavy atom. The number of rotatable bonds is 5. The van der Waals surface area contributed by atoms with Gasteiger partial charge in [-0.1, -0.05) is 24.8 Å². The first-order valence-corrected chi connectivity index (χ1v) is 7.61. The van der Waals surface area contributed by atoms with E-state index < -0.39 is 0 Å². The minimum Gasteiger partial charge on any atom is -0.493 e. The Morgan fingerprint density at radius 2 is 2.10 bits per heavy atom. The van der Waals surface area contributed by atoms with Crippen LogP contribution < -0.4 is 9.47 Å². The summed E-state index contributed by atoms with van der Waals surface area (Å²) in [6.07, 6.45) is 0.967. The quantitative estimate of drug-likeness (QED) is 0.862. The van der Waals surface area contributed by atoms with Gasteiger partial charge >= 0.3 is 0 Å². The van der Waals surface area contributed by atoms with Crippen LogP contribution in [0.2, 0.25) is 0 Å². The summed E-state index contributed by atoms with van der Waals surface area (Å²) in [7, 11) is 1.65. The van der Waals surface area contributed by atoms with E-state index in [9.17, 15) is 0 Å². The summed E-state index contributed by atoms with van der Waals surface area (Å²) in [6.45, 7) is 2.46. The number of thiophene rings is 1. The molecule has 4 heteroatoms. The van der Waals surface area contributed by atoms with Gasteiger partial charge in [0.25, 0.3) is 0 Å². The van der Waals surface area contributed by atoms with E-state index >= 15 is 0 Å². The van der Waals surface area contributed by atoms with Gasteiger partial charge in [-0.25, -0.2) is 0 Å². The molecule has 0 saturated carbocycles. The maximum atomic E-state index is 8.68. The molecule has 2 rings (SSSR count). The Bertz CT molecular complexity index is 650. The van der Waals surface area contributed by atoms with Gasteiger partial charge in [-0.2, -0.15) is 0 Å². The van der Waals surface area contributed by atoms with Gasteiger partial charge < -0.3 is 14.6 Å². The van der Waals surface area contributed by atoms with Crippen LogP contribution >= 0.6 is 11.3 Å². The van der Waals surface area contributed by atoms with Gasteiger partial charge in [0, 0.05) is 15.8 Å². The van der Waals surface area contributed by atoms with Gasteiger partial charge in [-0.05, 0) is 30.2 Å². The summed E-state index contributed by atoms with van der Waals surface area (Å²) in [5.41, 5.74) is 2.12.